The van der Waals surface area contributed by atoms with Gasteiger partial charge in [-0.05, 0) is 30.9 Å². The van der Waals surface area contributed by atoms with Crippen molar-refractivity contribution in [1.29, 1.82) is 0 Å². The van der Waals surface area contributed by atoms with E-state index in [-0.39, 0.29) is 42.4 Å². The van der Waals surface area contributed by atoms with Gasteiger partial charge in [0.2, 0.25) is 5.75 Å². The lowest BCUT2D eigenvalue weighted by Crippen LogP contribution is -2.47. The van der Waals surface area contributed by atoms with Crippen LogP contribution in [0, 0.1) is 5.92 Å². The Hall–Kier alpha value is -0.880. The Bertz CT molecular complexity index is 501. The lowest BCUT2D eigenvalue weighted by atomic mass is 9.79. The number of hydrogen-bond acceptors (Lipinski definition) is 5. The summed E-state index contributed by atoms with van der Waals surface area (Å²) in [6, 6.07) is 3.38. The Kier molecular flexibility index (Phi) is 8.43. The third kappa shape index (κ3) is 4.39. The van der Waals surface area contributed by atoms with Crippen LogP contribution < -0.4 is 5.32 Å². The maximum atomic E-state index is 10.4. The second kappa shape index (κ2) is 9.56. The van der Waals surface area contributed by atoms with Crippen LogP contribution in [0.4, 0.5) is 0 Å². The van der Waals surface area contributed by atoms with E-state index in [1.165, 1.54) is 25.3 Å². The third-order valence-corrected chi connectivity index (χ3v) is 5.12. The summed E-state index contributed by atoms with van der Waals surface area (Å²) in [5.74, 6) is -0.312. The van der Waals surface area contributed by atoms with Gasteiger partial charge in [-0.2, -0.15) is 0 Å². The predicted molar refractivity (Wildman–Crippen MR) is 99.7 cm³/mol. The zero-order chi connectivity index (χ0) is 15.5. The zero-order valence-corrected chi connectivity index (χ0v) is 15.4. The number of nitrogens with one attached hydrogen (secondary N) is 1. The van der Waals surface area contributed by atoms with E-state index in [4.69, 9.17) is 0 Å². The van der Waals surface area contributed by atoms with Crippen LogP contribution in [0.1, 0.15) is 43.7 Å². The first-order valence-corrected chi connectivity index (χ1v) is 8.37. The molecule has 0 unspecified atom stereocenters. The highest BCUT2D eigenvalue weighted by atomic mass is 35.5. The zero-order valence-electron chi connectivity index (χ0n) is 13.8. The topological polar surface area (TPSA) is 76.0 Å². The van der Waals surface area contributed by atoms with E-state index < -0.39 is 5.75 Å². The molecule has 1 aliphatic heterocycles. The molecule has 0 radical (unpaired) electrons. The second-order valence-electron chi connectivity index (χ2n) is 6.50. The van der Waals surface area contributed by atoms with Crippen molar-refractivity contribution in [2.45, 2.75) is 38.1 Å². The maximum Gasteiger partial charge on any atom is 0.200 e. The van der Waals surface area contributed by atoms with Crippen molar-refractivity contribution >= 4 is 24.8 Å². The van der Waals surface area contributed by atoms with Crippen molar-refractivity contribution in [3.63, 3.8) is 0 Å². The van der Waals surface area contributed by atoms with Gasteiger partial charge in [-0.15, -0.1) is 24.8 Å². The molecule has 0 spiro atoms. The van der Waals surface area contributed by atoms with Crippen molar-refractivity contribution in [3.05, 3.63) is 17.7 Å². The van der Waals surface area contributed by atoms with Crippen LogP contribution in [0.2, 0.25) is 0 Å². The summed E-state index contributed by atoms with van der Waals surface area (Å²) in [4.78, 5) is 2.41. The number of aromatic hydroxyl groups is 3. The molecule has 4 N–H and O–H groups in total. The van der Waals surface area contributed by atoms with Crippen LogP contribution in [0.15, 0.2) is 12.1 Å². The van der Waals surface area contributed by atoms with E-state index >= 15 is 0 Å². The van der Waals surface area contributed by atoms with E-state index in [1.54, 1.807) is 6.07 Å². The normalized spacial score (nSPS) is 20.7. The van der Waals surface area contributed by atoms with Gasteiger partial charge in [-0.1, -0.05) is 19.3 Å². The molecule has 0 aromatic heterocycles. The van der Waals surface area contributed by atoms with Gasteiger partial charge >= 0.3 is 0 Å². The predicted octanol–water partition coefficient (Wildman–Crippen LogP) is 3.17. The molecule has 7 heteroatoms. The molecular formula is C17H28Cl2N2O3. The van der Waals surface area contributed by atoms with Crippen LogP contribution in [0.5, 0.6) is 17.2 Å². The molecule has 1 saturated heterocycles. The number of phenols is 3. The van der Waals surface area contributed by atoms with Crippen molar-refractivity contribution in [1.82, 2.24) is 10.2 Å². The van der Waals surface area contributed by atoms with Gasteiger partial charge in [0, 0.05) is 37.8 Å². The van der Waals surface area contributed by atoms with Crippen LogP contribution >= 0.6 is 24.8 Å². The SMILES string of the molecule is Cl.Cl.Oc1ccc([C@H](C2CCCCC2)N2CCNCC2)c(O)c1O. The fraction of sp³-hybridized carbons (Fsp3) is 0.647. The summed E-state index contributed by atoms with van der Waals surface area (Å²) >= 11 is 0. The summed E-state index contributed by atoms with van der Waals surface area (Å²) in [6.45, 7) is 3.80. The van der Waals surface area contributed by atoms with Crippen LogP contribution in [-0.4, -0.2) is 46.4 Å². The Morgan fingerprint density at radius 2 is 1.54 bits per heavy atom. The number of rotatable bonds is 3. The van der Waals surface area contributed by atoms with Crippen molar-refractivity contribution in [2.24, 2.45) is 5.92 Å². The van der Waals surface area contributed by atoms with Crippen LogP contribution in [-0.2, 0) is 0 Å². The molecule has 1 aliphatic carbocycles. The van der Waals surface area contributed by atoms with Crippen molar-refractivity contribution in [2.75, 3.05) is 26.2 Å². The highest BCUT2D eigenvalue weighted by molar-refractivity contribution is 5.85. The van der Waals surface area contributed by atoms with Gasteiger partial charge in [-0.3, -0.25) is 4.90 Å². The lowest BCUT2D eigenvalue weighted by molar-refractivity contribution is 0.101. The molecule has 2 aliphatic rings. The summed E-state index contributed by atoms with van der Waals surface area (Å²) in [6.07, 6.45) is 6.08. The number of benzene rings is 1. The van der Waals surface area contributed by atoms with Gasteiger partial charge in [0.1, 0.15) is 0 Å². The lowest BCUT2D eigenvalue weighted by Gasteiger charge is -2.41. The number of nitrogens with zero attached hydrogens (tertiary/aromatic N) is 1. The molecule has 0 amide bonds. The average molecular weight is 379 g/mol. The minimum Gasteiger partial charge on any atom is -0.504 e. The monoisotopic (exact) mass is 378 g/mol. The van der Waals surface area contributed by atoms with Crippen molar-refractivity contribution < 1.29 is 15.3 Å². The van der Waals surface area contributed by atoms with E-state index in [0.717, 1.165) is 44.6 Å². The molecule has 24 heavy (non-hydrogen) atoms. The fourth-order valence-electron chi connectivity index (χ4n) is 3.98. The largest absolute Gasteiger partial charge is 0.504 e. The third-order valence-electron chi connectivity index (χ3n) is 5.12. The molecule has 3 rings (SSSR count). The van der Waals surface area contributed by atoms with E-state index in [0.29, 0.717) is 5.92 Å². The summed E-state index contributed by atoms with van der Waals surface area (Å²) < 4.78 is 0. The first-order valence-electron chi connectivity index (χ1n) is 8.37. The summed E-state index contributed by atoms with van der Waals surface area (Å²) in [5, 5.41) is 33.2. The first kappa shape index (κ1) is 21.2. The molecule has 0 bridgehead atoms. The number of piperazine rings is 1. The van der Waals surface area contributed by atoms with Gasteiger partial charge in [-0.25, -0.2) is 0 Å². The quantitative estimate of drug-likeness (QED) is 0.607. The highest BCUT2D eigenvalue weighted by Gasteiger charge is 2.33. The molecule has 1 aromatic carbocycles. The standard InChI is InChI=1S/C17H26N2O3.2ClH/c20-14-7-6-13(16(21)17(14)22)15(12-4-2-1-3-5-12)19-10-8-18-9-11-19;;/h6-7,12,15,18,20-22H,1-5,8-11H2;2*1H/t15-;;/m0../s1. The number of halogens is 2. The Labute approximate surface area is 155 Å². The molecular weight excluding hydrogens is 351 g/mol. The molecule has 5 nitrogen and oxygen atoms in total. The van der Waals surface area contributed by atoms with Gasteiger partial charge < -0.3 is 20.6 Å². The smallest absolute Gasteiger partial charge is 0.200 e. The first-order chi connectivity index (χ1) is 10.7. The van der Waals surface area contributed by atoms with Crippen LogP contribution in [0.25, 0.3) is 0 Å². The Morgan fingerprint density at radius 1 is 0.917 bits per heavy atom. The number of hydrogen-bond donors (Lipinski definition) is 4. The fourth-order valence-corrected chi connectivity index (χ4v) is 3.98. The van der Waals surface area contributed by atoms with E-state index in [9.17, 15) is 15.3 Å². The molecule has 138 valence electrons. The van der Waals surface area contributed by atoms with Gasteiger partial charge in [0.25, 0.3) is 0 Å². The molecule has 1 aromatic rings. The van der Waals surface area contributed by atoms with Gasteiger partial charge in [0.05, 0.1) is 0 Å². The van der Waals surface area contributed by atoms with Crippen molar-refractivity contribution in [3.8, 4) is 17.2 Å². The second-order valence-corrected chi connectivity index (χ2v) is 6.50. The number of phenolic OH excluding ortho intramolecular Hbond substituents is 3. The summed E-state index contributed by atoms with van der Waals surface area (Å²) in [7, 11) is 0. The molecule has 1 heterocycles. The van der Waals surface area contributed by atoms with E-state index in [2.05, 4.69) is 10.2 Å². The molecule has 2 fully saturated rings. The Balaban J connectivity index is 0.00000144. The van der Waals surface area contributed by atoms with Crippen LogP contribution in [0.3, 0.4) is 0 Å². The molecule has 1 atom stereocenters. The minimum atomic E-state index is -0.395. The average Bonchev–Trinajstić information content (AvgIpc) is 2.57. The highest BCUT2D eigenvalue weighted by Crippen LogP contribution is 2.46. The Morgan fingerprint density at radius 3 is 2.17 bits per heavy atom. The maximum absolute atomic E-state index is 10.4. The van der Waals surface area contributed by atoms with Gasteiger partial charge in [0.15, 0.2) is 11.5 Å². The minimum absolute atomic E-state index is 0. The van der Waals surface area contributed by atoms with E-state index in [1.807, 2.05) is 0 Å². The molecule has 1 saturated carbocycles. The summed E-state index contributed by atoms with van der Waals surface area (Å²) in [5.41, 5.74) is 0.754.